The van der Waals surface area contributed by atoms with Gasteiger partial charge in [0.15, 0.2) is 0 Å². The van der Waals surface area contributed by atoms with Gasteiger partial charge in [-0.1, -0.05) is 141 Å². The Balaban J connectivity index is 1.23. The third kappa shape index (κ3) is 3.50. The standard InChI is InChI=1S/C43H30/c1-43(2)41-17-8-7-15-36(41)40-25-38-34-14-6-5-13-33(34)37-24-30(22-23-35(37)39(38)26-42(40)43)27-18-20-29(21-19-27)32-16-9-11-28-10-3-4-12-31(28)32/h3-26H,1-2H3. The average molecular weight is 547 g/mol. The molecule has 43 heavy (non-hydrogen) atoms. The topological polar surface area (TPSA) is 0 Å². The molecule has 0 spiro atoms. The molecule has 0 saturated carbocycles. The second kappa shape index (κ2) is 8.90. The lowest BCUT2D eigenvalue weighted by Crippen LogP contribution is -2.14. The summed E-state index contributed by atoms with van der Waals surface area (Å²) in [5.41, 5.74) is 10.6. The summed E-state index contributed by atoms with van der Waals surface area (Å²) in [5, 5.41) is 10.5. The molecule has 0 heterocycles. The molecule has 0 saturated heterocycles. The summed E-state index contributed by atoms with van der Waals surface area (Å²) in [6, 6.07) is 54.1. The molecular weight excluding hydrogens is 516 g/mol. The first kappa shape index (κ1) is 24.4. The first-order valence-electron chi connectivity index (χ1n) is 15.2. The Morgan fingerprint density at radius 2 is 0.884 bits per heavy atom. The van der Waals surface area contributed by atoms with Crippen LogP contribution in [0.3, 0.4) is 0 Å². The molecule has 0 unspecified atom stereocenters. The number of hydrogen-bond donors (Lipinski definition) is 0. The summed E-state index contributed by atoms with van der Waals surface area (Å²) >= 11 is 0. The maximum atomic E-state index is 2.48. The van der Waals surface area contributed by atoms with E-state index in [9.17, 15) is 0 Å². The molecule has 0 aromatic heterocycles. The van der Waals surface area contributed by atoms with Gasteiger partial charge in [0.25, 0.3) is 0 Å². The van der Waals surface area contributed by atoms with Gasteiger partial charge < -0.3 is 0 Å². The van der Waals surface area contributed by atoms with Crippen molar-refractivity contribution in [1.82, 2.24) is 0 Å². The highest BCUT2D eigenvalue weighted by Crippen LogP contribution is 2.51. The zero-order valence-corrected chi connectivity index (χ0v) is 24.4. The number of hydrogen-bond acceptors (Lipinski definition) is 0. The van der Waals surface area contributed by atoms with E-state index in [-0.39, 0.29) is 5.41 Å². The van der Waals surface area contributed by atoms with E-state index in [2.05, 4.69) is 159 Å². The quantitative estimate of drug-likeness (QED) is 0.189. The van der Waals surface area contributed by atoms with Gasteiger partial charge in [0, 0.05) is 5.41 Å². The van der Waals surface area contributed by atoms with Crippen LogP contribution in [0, 0.1) is 0 Å². The lowest BCUT2D eigenvalue weighted by molar-refractivity contribution is 0.661. The Morgan fingerprint density at radius 1 is 0.326 bits per heavy atom. The van der Waals surface area contributed by atoms with E-state index in [1.807, 2.05) is 0 Å². The molecule has 8 aromatic rings. The summed E-state index contributed by atoms with van der Waals surface area (Å²) in [6.45, 7) is 4.74. The van der Waals surface area contributed by atoms with Crippen LogP contribution >= 0.6 is 0 Å². The van der Waals surface area contributed by atoms with E-state index < -0.39 is 0 Å². The molecule has 0 atom stereocenters. The molecule has 0 amide bonds. The third-order valence-electron chi connectivity index (χ3n) is 9.86. The van der Waals surface area contributed by atoms with Crippen molar-refractivity contribution in [3.63, 3.8) is 0 Å². The maximum Gasteiger partial charge on any atom is 0.0159 e. The van der Waals surface area contributed by atoms with Gasteiger partial charge in [-0.3, -0.25) is 0 Å². The van der Waals surface area contributed by atoms with Crippen LogP contribution in [0.5, 0.6) is 0 Å². The van der Waals surface area contributed by atoms with Crippen LogP contribution in [-0.2, 0) is 5.41 Å². The fourth-order valence-electron chi connectivity index (χ4n) is 7.65. The first-order valence-corrected chi connectivity index (χ1v) is 15.2. The van der Waals surface area contributed by atoms with Crippen molar-refractivity contribution < 1.29 is 0 Å². The van der Waals surface area contributed by atoms with Crippen molar-refractivity contribution in [2.45, 2.75) is 19.3 Å². The Bertz CT molecular complexity index is 2400. The van der Waals surface area contributed by atoms with Crippen LogP contribution in [0.2, 0.25) is 0 Å². The van der Waals surface area contributed by atoms with E-state index in [1.165, 1.54) is 87.6 Å². The second-order valence-electron chi connectivity index (χ2n) is 12.5. The van der Waals surface area contributed by atoms with Gasteiger partial charge in [0.05, 0.1) is 0 Å². The fourth-order valence-corrected chi connectivity index (χ4v) is 7.65. The molecule has 1 aliphatic carbocycles. The number of benzene rings is 8. The Hall–Kier alpha value is -5.20. The molecule has 0 aliphatic heterocycles. The van der Waals surface area contributed by atoms with Gasteiger partial charge in [0.1, 0.15) is 0 Å². The van der Waals surface area contributed by atoms with Crippen molar-refractivity contribution >= 4 is 43.1 Å². The molecule has 0 fully saturated rings. The zero-order valence-electron chi connectivity index (χ0n) is 24.4. The van der Waals surface area contributed by atoms with E-state index in [1.54, 1.807) is 0 Å². The minimum absolute atomic E-state index is 0.0240. The highest BCUT2D eigenvalue weighted by atomic mass is 14.4. The van der Waals surface area contributed by atoms with Crippen LogP contribution in [-0.4, -0.2) is 0 Å². The molecule has 8 aromatic carbocycles. The smallest absolute Gasteiger partial charge is 0.0159 e. The van der Waals surface area contributed by atoms with Crippen LogP contribution in [0.1, 0.15) is 25.0 Å². The SMILES string of the molecule is CC1(C)c2ccccc2-c2cc3c4ccccc4c4cc(-c5ccc(-c6cccc7ccccc67)cc5)ccc4c3cc21. The molecule has 202 valence electrons. The minimum atomic E-state index is -0.0240. The number of rotatable bonds is 2. The molecule has 0 N–H and O–H groups in total. The molecule has 9 rings (SSSR count). The molecule has 0 radical (unpaired) electrons. The van der Waals surface area contributed by atoms with Gasteiger partial charge in [0.2, 0.25) is 0 Å². The maximum absolute atomic E-state index is 2.48. The van der Waals surface area contributed by atoms with Gasteiger partial charge >= 0.3 is 0 Å². The van der Waals surface area contributed by atoms with Crippen LogP contribution in [0.15, 0.2) is 146 Å². The molecular formula is C43H30. The molecule has 1 aliphatic rings. The van der Waals surface area contributed by atoms with Gasteiger partial charge in [-0.05, 0) is 106 Å². The van der Waals surface area contributed by atoms with Crippen molar-refractivity contribution in [3.8, 4) is 33.4 Å². The van der Waals surface area contributed by atoms with Crippen molar-refractivity contribution in [2.24, 2.45) is 0 Å². The third-order valence-corrected chi connectivity index (χ3v) is 9.86. The predicted octanol–water partition coefficient (Wildman–Crippen LogP) is 11.9. The first-order chi connectivity index (χ1) is 21.1. The minimum Gasteiger partial charge on any atom is -0.0619 e. The van der Waals surface area contributed by atoms with Crippen LogP contribution in [0.4, 0.5) is 0 Å². The van der Waals surface area contributed by atoms with Crippen molar-refractivity contribution in [2.75, 3.05) is 0 Å². The van der Waals surface area contributed by atoms with Crippen LogP contribution in [0.25, 0.3) is 76.5 Å². The van der Waals surface area contributed by atoms with Gasteiger partial charge in [-0.15, -0.1) is 0 Å². The Morgan fingerprint density at radius 3 is 1.70 bits per heavy atom. The summed E-state index contributed by atoms with van der Waals surface area (Å²) in [4.78, 5) is 0. The molecule has 0 nitrogen and oxygen atoms in total. The molecule has 0 bridgehead atoms. The zero-order chi connectivity index (χ0) is 28.7. The summed E-state index contributed by atoms with van der Waals surface area (Å²) < 4.78 is 0. The monoisotopic (exact) mass is 546 g/mol. The van der Waals surface area contributed by atoms with Crippen molar-refractivity contribution in [3.05, 3.63) is 157 Å². The Kier molecular flexibility index (Phi) is 5.05. The summed E-state index contributed by atoms with van der Waals surface area (Å²) in [5.74, 6) is 0. The van der Waals surface area contributed by atoms with Crippen LogP contribution < -0.4 is 0 Å². The largest absolute Gasteiger partial charge is 0.0619 e. The van der Waals surface area contributed by atoms with E-state index in [4.69, 9.17) is 0 Å². The number of fused-ring (bicyclic) bond motifs is 10. The average Bonchev–Trinajstić information content (AvgIpc) is 3.29. The van der Waals surface area contributed by atoms with E-state index in [0.717, 1.165) is 0 Å². The van der Waals surface area contributed by atoms with E-state index >= 15 is 0 Å². The van der Waals surface area contributed by atoms with E-state index in [0.29, 0.717) is 0 Å². The van der Waals surface area contributed by atoms with Gasteiger partial charge in [-0.2, -0.15) is 0 Å². The van der Waals surface area contributed by atoms with Crippen molar-refractivity contribution in [1.29, 1.82) is 0 Å². The predicted molar refractivity (Wildman–Crippen MR) is 185 cm³/mol. The lowest BCUT2D eigenvalue weighted by atomic mass is 9.81. The normalized spacial score (nSPS) is 13.5. The summed E-state index contributed by atoms with van der Waals surface area (Å²) in [6.07, 6.45) is 0. The lowest BCUT2D eigenvalue weighted by Gasteiger charge is -2.22. The highest BCUT2D eigenvalue weighted by molar-refractivity contribution is 6.26. The molecule has 0 heteroatoms. The fraction of sp³-hybridized carbons (Fsp3) is 0.0698. The second-order valence-corrected chi connectivity index (χ2v) is 12.5. The highest BCUT2D eigenvalue weighted by Gasteiger charge is 2.35. The Labute approximate surface area is 251 Å². The van der Waals surface area contributed by atoms with Gasteiger partial charge in [-0.25, -0.2) is 0 Å². The summed E-state index contributed by atoms with van der Waals surface area (Å²) in [7, 11) is 0.